The zero-order valence-corrected chi connectivity index (χ0v) is 21.1. The Kier molecular flexibility index (Phi) is 7.25. The second-order valence-electron chi connectivity index (χ2n) is 9.28. The minimum absolute atomic E-state index is 0.0641. The van der Waals surface area contributed by atoms with Gasteiger partial charge < -0.3 is 0 Å². The molecule has 0 amide bonds. The molecule has 0 spiro atoms. The molecule has 0 unspecified atom stereocenters. The first-order valence-corrected chi connectivity index (χ1v) is 15.1. The van der Waals surface area contributed by atoms with E-state index in [4.69, 9.17) is 9.16 Å². The molecule has 1 aliphatic rings. The molecule has 1 saturated heterocycles. The van der Waals surface area contributed by atoms with E-state index >= 15 is 0 Å². The van der Waals surface area contributed by atoms with E-state index in [9.17, 15) is 9.59 Å². The van der Waals surface area contributed by atoms with Gasteiger partial charge in [0.15, 0.2) is 0 Å². The van der Waals surface area contributed by atoms with E-state index in [-0.39, 0.29) is 30.9 Å². The van der Waals surface area contributed by atoms with Crippen LogP contribution >= 0.6 is 0 Å². The molecule has 1 fully saturated rings. The Labute approximate surface area is 185 Å². The number of aromatic amines is 1. The predicted molar refractivity (Wildman–Crippen MR) is 123 cm³/mol. The van der Waals surface area contributed by atoms with Gasteiger partial charge >= 0.3 is 185 Å². The van der Waals surface area contributed by atoms with Gasteiger partial charge in [-0.1, -0.05) is 0 Å². The standard InChI is InChI=1S/C22H32N2O4SeSi/c1-22(2,3)30(4,5)27-15-16-11-12-18(29-17-9-7-6-8-10-17)20(28-16)24-14-13-19(25)23-21(24)26/h6-10,13-14,16,18,20H,11-12,15H2,1-5H3,(H,23,25,26)/t16-,18-,20-/m0/s1. The normalized spacial score (nSPS) is 22.8. The van der Waals surface area contributed by atoms with Crippen LogP contribution in [-0.2, 0) is 9.16 Å². The predicted octanol–water partition coefficient (Wildman–Crippen LogP) is 3.05. The van der Waals surface area contributed by atoms with Gasteiger partial charge in [-0.2, -0.15) is 0 Å². The van der Waals surface area contributed by atoms with Crippen molar-refractivity contribution in [3.63, 3.8) is 0 Å². The van der Waals surface area contributed by atoms with Crippen molar-refractivity contribution in [1.82, 2.24) is 9.55 Å². The van der Waals surface area contributed by atoms with Crippen LogP contribution in [0.15, 0.2) is 52.2 Å². The van der Waals surface area contributed by atoms with Gasteiger partial charge in [0.25, 0.3) is 0 Å². The van der Waals surface area contributed by atoms with Crippen LogP contribution in [0.5, 0.6) is 0 Å². The number of rotatable bonds is 6. The Morgan fingerprint density at radius 2 is 1.87 bits per heavy atom. The molecule has 1 aliphatic heterocycles. The molecule has 1 aromatic heterocycles. The quantitative estimate of drug-likeness (QED) is 0.626. The first-order chi connectivity index (χ1) is 14.1. The second kappa shape index (κ2) is 9.36. The first-order valence-electron chi connectivity index (χ1n) is 10.4. The number of hydrogen-bond acceptors (Lipinski definition) is 4. The van der Waals surface area contributed by atoms with E-state index < -0.39 is 25.8 Å². The Balaban J connectivity index is 1.80. The van der Waals surface area contributed by atoms with E-state index in [2.05, 4.69) is 51.0 Å². The van der Waals surface area contributed by atoms with Crippen molar-refractivity contribution in [1.29, 1.82) is 0 Å². The molecular formula is C22H32N2O4SeSi. The summed E-state index contributed by atoms with van der Waals surface area (Å²) in [5.41, 5.74) is -0.817. The Morgan fingerprint density at radius 1 is 1.17 bits per heavy atom. The molecular weight excluding hydrogens is 463 g/mol. The fourth-order valence-electron chi connectivity index (χ4n) is 3.15. The maximum atomic E-state index is 12.5. The molecule has 30 heavy (non-hydrogen) atoms. The molecule has 0 bridgehead atoms. The van der Waals surface area contributed by atoms with Crippen molar-refractivity contribution >= 4 is 27.7 Å². The molecule has 0 aliphatic carbocycles. The summed E-state index contributed by atoms with van der Waals surface area (Å²) in [4.78, 5) is 26.6. The molecule has 2 heterocycles. The molecule has 6 nitrogen and oxygen atoms in total. The van der Waals surface area contributed by atoms with Gasteiger partial charge in [-0.3, -0.25) is 0 Å². The minimum atomic E-state index is -1.88. The summed E-state index contributed by atoms with van der Waals surface area (Å²) in [6, 6.07) is 11.7. The molecule has 2 aromatic rings. The van der Waals surface area contributed by atoms with Crippen molar-refractivity contribution in [2.24, 2.45) is 0 Å². The molecule has 164 valence electrons. The average Bonchev–Trinajstić information content (AvgIpc) is 2.67. The Morgan fingerprint density at radius 3 is 2.50 bits per heavy atom. The summed E-state index contributed by atoms with van der Waals surface area (Å²) >= 11 is 0.146. The molecule has 3 rings (SSSR count). The number of benzene rings is 1. The summed E-state index contributed by atoms with van der Waals surface area (Å²) in [6.07, 6.45) is 2.94. The van der Waals surface area contributed by atoms with Crippen LogP contribution in [0.2, 0.25) is 22.9 Å². The zero-order valence-electron chi connectivity index (χ0n) is 18.4. The number of ether oxygens (including phenoxy) is 1. The third-order valence-corrected chi connectivity index (χ3v) is 13.3. The van der Waals surface area contributed by atoms with E-state index in [1.54, 1.807) is 6.20 Å². The zero-order chi connectivity index (χ0) is 21.9. The summed E-state index contributed by atoms with van der Waals surface area (Å²) < 4.78 is 15.6. The van der Waals surface area contributed by atoms with Crippen LogP contribution in [0.1, 0.15) is 39.8 Å². The van der Waals surface area contributed by atoms with Gasteiger partial charge in [0.05, 0.1) is 0 Å². The van der Waals surface area contributed by atoms with Crippen LogP contribution in [0.4, 0.5) is 0 Å². The van der Waals surface area contributed by atoms with Crippen molar-refractivity contribution in [2.75, 3.05) is 6.61 Å². The number of nitrogens with one attached hydrogen (secondary N) is 1. The topological polar surface area (TPSA) is 73.3 Å². The van der Waals surface area contributed by atoms with E-state index in [1.165, 1.54) is 15.1 Å². The number of hydrogen-bond donors (Lipinski definition) is 1. The monoisotopic (exact) mass is 496 g/mol. The molecule has 3 atom stereocenters. The number of aromatic nitrogens is 2. The first kappa shape index (κ1) is 23.2. The summed E-state index contributed by atoms with van der Waals surface area (Å²) in [5.74, 6) is 0. The van der Waals surface area contributed by atoms with Crippen molar-refractivity contribution < 1.29 is 9.16 Å². The summed E-state index contributed by atoms with van der Waals surface area (Å²) in [6.45, 7) is 11.7. The van der Waals surface area contributed by atoms with E-state index in [1.807, 2.05) is 18.2 Å². The third-order valence-electron chi connectivity index (χ3n) is 6.02. The van der Waals surface area contributed by atoms with Gasteiger partial charge in [-0.15, -0.1) is 0 Å². The average molecular weight is 496 g/mol. The number of nitrogens with zero attached hydrogens (tertiary/aromatic N) is 1. The number of H-pyrrole nitrogens is 1. The maximum absolute atomic E-state index is 12.5. The molecule has 1 aromatic carbocycles. The van der Waals surface area contributed by atoms with Crippen LogP contribution in [0.25, 0.3) is 0 Å². The molecule has 0 radical (unpaired) electrons. The van der Waals surface area contributed by atoms with Gasteiger partial charge in [-0.25, -0.2) is 0 Å². The van der Waals surface area contributed by atoms with E-state index in [0.29, 0.717) is 6.61 Å². The van der Waals surface area contributed by atoms with Gasteiger partial charge in [0.2, 0.25) is 0 Å². The van der Waals surface area contributed by atoms with Crippen LogP contribution in [0.3, 0.4) is 0 Å². The fraction of sp³-hybridized carbons (Fsp3) is 0.545. The third kappa shape index (κ3) is 5.62. The van der Waals surface area contributed by atoms with Crippen molar-refractivity contribution in [3.8, 4) is 0 Å². The Hall–Kier alpha value is -1.44. The summed E-state index contributed by atoms with van der Waals surface area (Å²) in [5, 5.41) is 0.135. The van der Waals surface area contributed by atoms with Crippen molar-refractivity contribution in [3.05, 3.63) is 63.4 Å². The van der Waals surface area contributed by atoms with Crippen LogP contribution in [0, 0.1) is 0 Å². The fourth-order valence-corrected chi connectivity index (χ4v) is 6.76. The van der Waals surface area contributed by atoms with Gasteiger partial charge in [0.1, 0.15) is 0 Å². The van der Waals surface area contributed by atoms with E-state index in [0.717, 1.165) is 12.8 Å². The van der Waals surface area contributed by atoms with Gasteiger partial charge in [0, 0.05) is 0 Å². The second-order valence-corrected chi connectivity index (χ2v) is 16.8. The summed E-state index contributed by atoms with van der Waals surface area (Å²) in [7, 11) is -1.88. The Bertz CT molecular complexity index is 952. The van der Waals surface area contributed by atoms with Crippen LogP contribution in [-0.4, -0.2) is 45.5 Å². The molecule has 8 heteroatoms. The SMILES string of the molecule is CC(C)(C)[Si](C)(C)OC[C@@H]1CC[C@H]([Se]c2ccccc2)[C@@H](n2ccc(=O)[nH]c2=O)O1. The molecule has 1 N–H and O–H groups in total. The molecule has 0 saturated carbocycles. The van der Waals surface area contributed by atoms with Crippen molar-refractivity contribution in [2.45, 2.75) is 68.9 Å². The van der Waals surface area contributed by atoms with Crippen LogP contribution < -0.4 is 15.7 Å². The van der Waals surface area contributed by atoms with Gasteiger partial charge in [-0.05, 0) is 0 Å².